The van der Waals surface area contributed by atoms with Crippen LogP contribution in [0.15, 0.2) is 70.1 Å². The monoisotopic (exact) mass is 434 g/mol. The normalized spacial score (nSPS) is 14.1. The maximum Gasteiger partial charge on any atom is 0.275 e. The van der Waals surface area contributed by atoms with Crippen molar-refractivity contribution < 1.29 is 9.53 Å². The molecule has 3 aromatic rings. The Morgan fingerprint density at radius 1 is 1.04 bits per heavy atom. The highest BCUT2D eigenvalue weighted by Gasteiger charge is 2.28. The Bertz CT molecular complexity index is 1090. The van der Waals surface area contributed by atoms with E-state index in [0.717, 1.165) is 44.8 Å². The second-order valence-corrected chi connectivity index (χ2v) is 7.58. The van der Waals surface area contributed by atoms with Gasteiger partial charge in [-0.15, -0.1) is 0 Å². The van der Waals surface area contributed by atoms with Gasteiger partial charge in [0.15, 0.2) is 0 Å². The molecule has 0 aliphatic carbocycles. The summed E-state index contributed by atoms with van der Waals surface area (Å²) in [7, 11) is 0. The lowest BCUT2D eigenvalue weighted by molar-refractivity contribution is -0.110. The number of aliphatic imine (C=N–C) groups is 1. The van der Waals surface area contributed by atoms with Crippen LogP contribution in [0.4, 0.5) is 11.4 Å². The van der Waals surface area contributed by atoms with E-state index in [0.29, 0.717) is 11.4 Å². The second kappa shape index (κ2) is 7.60. The van der Waals surface area contributed by atoms with Gasteiger partial charge in [-0.05, 0) is 73.0 Å². The van der Waals surface area contributed by atoms with Crippen molar-refractivity contribution in [1.29, 1.82) is 0 Å². The van der Waals surface area contributed by atoms with Crippen LogP contribution < -0.4 is 10.1 Å². The molecule has 0 unspecified atom stereocenters. The fraction of sp³-hybridized carbons (Fsp3) is 0.130. The third-order valence-electron chi connectivity index (χ3n) is 4.58. The van der Waals surface area contributed by atoms with E-state index in [1.807, 2.05) is 67.6 Å². The van der Waals surface area contributed by atoms with Gasteiger partial charge in [0.2, 0.25) is 0 Å². The van der Waals surface area contributed by atoms with E-state index in [1.165, 1.54) is 0 Å². The van der Waals surface area contributed by atoms with E-state index in [-0.39, 0.29) is 5.91 Å². The van der Waals surface area contributed by atoms with Crippen molar-refractivity contribution in [3.8, 4) is 11.5 Å². The third kappa shape index (κ3) is 3.71. The van der Waals surface area contributed by atoms with Gasteiger partial charge in [-0.25, -0.2) is 4.99 Å². The van der Waals surface area contributed by atoms with Gasteiger partial charge < -0.3 is 10.1 Å². The number of fused-ring (bicyclic) bond motifs is 1. The molecule has 1 heterocycles. The lowest BCUT2D eigenvalue weighted by atomic mass is 10.0. The summed E-state index contributed by atoms with van der Waals surface area (Å²) in [5.74, 6) is 1.34. The fourth-order valence-corrected chi connectivity index (χ4v) is 3.72. The van der Waals surface area contributed by atoms with Gasteiger partial charge >= 0.3 is 0 Å². The van der Waals surface area contributed by atoms with E-state index in [9.17, 15) is 4.79 Å². The van der Waals surface area contributed by atoms with Crippen molar-refractivity contribution in [3.05, 3.63) is 81.8 Å². The molecule has 0 radical (unpaired) electrons. The first-order valence-electron chi connectivity index (χ1n) is 9.11. The summed E-state index contributed by atoms with van der Waals surface area (Å²) in [4.78, 5) is 17.1. The van der Waals surface area contributed by atoms with Crippen LogP contribution in [0, 0.1) is 6.92 Å². The maximum atomic E-state index is 12.5. The first-order chi connectivity index (χ1) is 13.5. The zero-order chi connectivity index (χ0) is 19.7. The van der Waals surface area contributed by atoms with Crippen molar-refractivity contribution in [2.45, 2.75) is 20.3 Å². The Morgan fingerprint density at radius 3 is 2.54 bits per heavy atom. The van der Waals surface area contributed by atoms with Crippen LogP contribution in [-0.4, -0.2) is 11.6 Å². The number of hydrogen-bond acceptors (Lipinski definition) is 3. The van der Waals surface area contributed by atoms with Crippen LogP contribution in [0.5, 0.6) is 11.5 Å². The van der Waals surface area contributed by atoms with E-state index in [4.69, 9.17) is 4.74 Å². The molecule has 0 saturated carbocycles. The zero-order valence-corrected chi connectivity index (χ0v) is 17.2. The van der Waals surface area contributed by atoms with Gasteiger partial charge in [0, 0.05) is 10.0 Å². The second-order valence-electron chi connectivity index (χ2n) is 6.67. The summed E-state index contributed by atoms with van der Waals surface area (Å²) >= 11 is 3.52. The molecule has 1 N–H and O–H groups in total. The molecular formula is C23H19BrN2O2. The third-order valence-corrected chi connectivity index (χ3v) is 5.04. The molecule has 0 fully saturated rings. The number of aryl methyl sites for hydroxylation is 2. The zero-order valence-electron chi connectivity index (χ0n) is 15.6. The van der Waals surface area contributed by atoms with Crippen molar-refractivity contribution in [2.75, 3.05) is 5.32 Å². The van der Waals surface area contributed by atoms with Gasteiger partial charge in [-0.1, -0.05) is 35.0 Å². The molecule has 4 rings (SSSR count). The van der Waals surface area contributed by atoms with E-state index in [2.05, 4.69) is 33.2 Å². The number of nitrogens with zero attached hydrogens (tertiary/aromatic N) is 1. The van der Waals surface area contributed by atoms with Crippen molar-refractivity contribution in [2.24, 2.45) is 4.99 Å². The number of amides is 1. The minimum Gasteiger partial charge on any atom is -0.457 e. The van der Waals surface area contributed by atoms with E-state index < -0.39 is 0 Å². The van der Waals surface area contributed by atoms with Gasteiger partial charge in [-0.2, -0.15) is 0 Å². The topological polar surface area (TPSA) is 50.7 Å². The summed E-state index contributed by atoms with van der Waals surface area (Å²) < 4.78 is 6.81. The SMILES string of the molecule is CCc1cc(Br)cc2c1NC(=O)C2=Nc1ccc(Oc2cccc(C)c2)cc1. The first kappa shape index (κ1) is 18.4. The van der Waals surface area contributed by atoms with Crippen LogP contribution in [-0.2, 0) is 11.2 Å². The smallest absolute Gasteiger partial charge is 0.275 e. The Hall–Kier alpha value is -2.92. The fourth-order valence-electron chi connectivity index (χ4n) is 3.22. The summed E-state index contributed by atoms with van der Waals surface area (Å²) in [6, 6.07) is 19.3. The molecule has 140 valence electrons. The van der Waals surface area contributed by atoms with Crippen molar-refractivity contribution in [1.82, 2.24) is 0 Å². The number of halogens is 1. The molecule has 4 nitrogen and oxygen atoms in total. The number of carbonyl (C=O) groups is 1. The van der Waals surface area contributed by atoms with Gasteiger partial charge in [0.05, 0.1) is 11.4 Å². The van der Waals surface area contributed by atoms with Crippen LogP contribution in [0.1, 0.15) is 23.6 Å². The highest BCUT2D eigenvalue weighted by atomic mass is 79.9. The number of rotatable bonds is 4. The number of ether oxygens (including phenoxy) is 1. The van der Waals surface area contributed by atoms with Gasteiger partial charge in [0.1, 0.15) is 17.2 Å². The molecule has 3 aromatic carbocycles. The van der Waals surface area contributed by atoms with Crippen LogP contribution in [0.3, 0.4) is 0 Å². The molecule has 0 saturated heterocycles. The Morgan fingerprint density at radius 2 is 1.82 bits per heavy atom. The summed E-state index contributed by atoms with van der Waals surface area (Å²) in [6.45, 7) is 4.09. The van der Waals surface area contributed by atoms with E-state index >= 15 is 0 Å². The Kier molecular flexibility index (Phi) is 5.01. The Balaban J connectivity index is 1.62. The largest absolute Gasteiger partial charge is 0.457 e. The van der Waals surface area contributed by atoms with Crippen LogP contribution in [0.25, 0.3) is 0 Å². The number of anilines is 1. The highest BCUT2D eigenvalue weighted by molar-refractivity contribution is 9.10. The molecule has 28 heavy (non-hydrogen) atoms. The van der Waals surface area contributed by atoms with Crippen molar-refractivity contribution in [3.63, 3.8) is 0 Å². The Labute approximate surface area is 172 Å². The minimum absolute atomic E-state index is 0.178. The highest BCUT2D eigenvalue weighted by Crippen LogP contribution is 2.33. The molecule has 0 bridgehead atoms. The average Bonchev–Trinajstić information content (AvgIpc) is 2.98. The van der Waals surface area contributed by atoms with Crippen molar-refractivity contribution >= 4 is 38.9 Å². The van der Waals surface area contributed by atoms with E-state index in [1.54, 1.807) is 0 Å². The average molecular weight is 435 g/mol. The molecule has 0 spiro atoms. The number of nitrogens with one attached hydrogen (secondary N) is 1. The molecule has 0 atom stereocenters. The van der Waals surface area contributed by atoms with Crippen LogP contribution >= 0.6 is 15.9 Å². The predicted octanol–water partition coefficient (Wildman–Crippen LogP) is 6.19. The standard InChI is InChI=1S/C23H19BrN2O2/c1-3-15-12-16(24)13-20-21(15)26-23(27)22(20)25-17-7-9-18(10-8-17)28-19-6-4-5-14(2)11-19/h4-13H,3H2,1-2H3,(H,25,26,27). The summed E-state index contributed by atoms with van der Waals surface area (Å²) in [5.41, 5.74) is 5.05. The lowest BCUT2D eigenvalue weighted by Gasteiger charge is -2.07. The van der Waals surface area contributed by atoms with Gasteiger partial charge in [-0.3, -0.25) is 4.79 Å². The molecule has 1 aliphatic heterocycles. The number of benzene rings is 3. The molecule has 0 aromatic heterocycles. The molecule has 1 aliphatic rings. The molecule has 1 amide bonds. The first-order valence-corrected chi connectivity index (χ1v) is 9.90. The number of carbonyl (C=O) groups excluding carboxylic acids is 1. The lowest BCUT2D eigenvalue weighted by Crippen LogP contribution is -2.14. The predicted molar refractivity (Wildman–Crippen MR) is 116 cm³/mol. The molecule has 5 heteroatoms. The minimum atomic E-state index is -0.178. The quantitative estimate of drug-likeness (QED) is 0.532. The summed E-state index contributed by atoms with van der Waals surface area (Å²) in [6.07, 6.45) is 0.834. The maximum absolute atomic E-state index is 12.5. The molecular weight excluding hydrogens is 416 g/mol. The van der Waals surface area contributed by atoms with Gasteiger partial charge in [0.25, 0.3) is 5.91 Å². The van der Waals surface area contributed by atoms with Crippen LogP contribution in [0.2, 0.25) is 0 Å². The number of hydrogen-bond donors (Lipinski definition) is 1. The summed E-state index contributed by atoms with van der Waals surface area (Å²) in [5, 5.41) is 2.95.